The lowest BCUT2D eigenvalue weighted by Crippen LogP contribution is -2.68. The largest absolute Gasteiger partial charge is 0.724 e. The highest BCUT2D eigenvalue weighted by Crippen LogP contribution is 2.42. The van der Waals surface area contributed by atoms with Gasteiger partial charge in [0.25, 0.3) is 0 Å². The molecule has 7 nitrogen and oxygen atoms in total. The zero-order valence-electron chi connectivity index (χ0n) is 20.3. The molecule has 0 saturated carbocycles. The number of nitrogens with two attached hydrogens (primary N) is 1. The molecule has 35 heavy (non-hydrogen) atoms. The van der Waals surface area contributed by atoms with Gasteiger partial charge in [-0.2, -0.15) is 13.2 Å². The van der Waals surface area contributed by atoms with Crippen molar-refractivity contribution in [3.63, 3.8) is 0 Å². The summed E-state index contributed by atoms with van der Waals surface area (Å²) < 4.78 is 63.5. The Balaban J connectivity index is 1.92. The third kappa shape index (κ3) is 5.86. The van der Waals surface area contributed by atoms with Gasteiger partial charge in [0.1, 0.15) is 11.3 Å². The third-order valence-electron chi connectivity index (χ3n) is 7.22. The molecular weight excluding hydrogens is 481 g/mol. The minimum atomic E-state index is -4.66. The average Bonchev–Trinajstić information content (AvgIpc) is 3.31. The van der Waals surface area contributed by atoms with Crippen molar-refractivity contribution in [1.82, 2.24) is 9.80 Å². The molecule has 0 spiro atoms. The number of nitrogens with zero attached hydrogens (tertiary/aromatic N) is 3. The Morgan fingerprint density at radius 2 is 1.83 bits per heavy atom. The first-order valence-corrected chi connectivity index (χ1v) is 12.5. The van der Waals surface area contributed by atoms with Gasteiger partial charge in [-0.25, -0.2) is 8.10 Å². The maximum absolute atomic E-state index is 13.5. The number of likely N-dealkylation sites (tertiary alicyclic amines) is 1. The van der Waals surface area contributed by atoms with E-state index >= 15 is 0 Å². The van der Waals surface area contributed by atoms with E-state index in [2.05, 4.69) is 4.90 Å². The zero-order valence-corrected chi connectivity index (χ0v) is 21.1. The molecule has 1 aliphatic heterocycles. The quantitative estimate of drug-likeness (QED) is 0.327. The van der Waals surface area contributed by atoms with Crippen LogP contribution in [0.1, 0.15) is 37.3 Å². The molecule has 1 aliphatic carbocycles. The first-order chi connectivity index (χ1) is 16.3. The second kappa shape index (κ2) is 10.5. The molecule has 2 aliphatic rings. The molecule has 1 aromatic rings. The van der Waals surface area contributed by atoms with Crippen molar-refractivity contribution in [3.8, 4) is 0 Å². The number of benzene rings is 1. The van der Waals surface area contributed by atoms with E-state index in [-0.39, 0.29) is 23.9 Å². The molecule has 1 fully saturated rings. The summed E-state index contributed by atoms with van der Waals surface area (Å²) in [6.07, 6.45) is -1.48. The van der Waals surface area contributed by atoms with Gasteiger partial charge in [0.15, 0.2) is 5.66 Å². The maximum atomic E-state index is 13.5. The number of likely N-dealkylation sites (N-methyl/N-ethyl adjacent to an activating group) is 2. The summed E-state index contributed by atoms with van der Waals surface area (Å²) in [4.78, 5) is 17.3. The molecule has 2 N–H and O–H groups in total. The van der Waals surface area contributed by atoms with Crippen LogP contribution in [-0.4, -0.2) is 81.0 Å². The van der Waals surface area contributed by atoms with Gasteiger partial charge < -0.3 is 14.4 Å². The Kier molecular flexibility index (Phi) is 8.27. The van der Waals surface area contributed by atoms with Crippen LogP contribution in [0.15, 0.2) is 53.6 Å². The van der Waals surface area contributed by atoms with Crippen LogP contribution < -0.4 is 5.73 Å². The molecule has 1 aromatic carbocycles. The Hall–Kier alpha value is -2.05. The third-order valence-corrected chi connectivity index (χ3v) is 8.29. The Labute approximate surface area is 207 Å². The Bertz CT molecular complexity index is 1010. The molecule has 11 heteroatoms. The number of carbonyl (C=O) groups is 1. The van der Waals surface area contributed by atoms with E-state index in [1.54, 1.807) is 11.9 Å². The highest BCUT2D eigenvalue weighted by Gasteiger charge is 2.53. The summed E-state index contributed by atoms with van der Waals surface area (Å²) in [5, 5.41) is 0. The molecule has 194 valence electrons. The molecule has 0 aromatic heterocycles. The van der Waals surface area contributed by atoms with Crippen LogP contribution >= 0.6 is 0 Å². The number of quaternary nitrogens is 1. The Morgan fingerprint density at radius 1 is 1.23 bits per heavy atom. The SMILES string of the molecule is CN(C(=O)CC1=CC=C(C(F)(F)F)CC1(N)[N+](C)(C)S(=O)[O-])[C@H](CN1CCCC1)c1ccccc1. The van der Waals surface area contributed by atoms with E-state index < -0.39 is 39.0 Å². The van der Waals surface area contributed by atoms with Gasteiger partial charge in [-0.1, -0.05) is 42.5 Å². The van der Waals surface area contributed by atoms with Gasteiger partial charge in [0.05, 0.1) is 33.0 Å². The van der Waals surface area contributed by atoms with Gasteiger partial charge in [-0.3, -0.25) is 10.5 Å². The van der Waals surface area contributed by atoms with E-state index in [1.807, 2.05) is 30.3 Å². The second-order valence-corrected chi connectivity index (χ2v) is 11.0. The van der Waals surface area contributed by atoms with Crippen LogP contribution in [0.3, 0.4) is 0 Å². The number of hydrogen-bond acceptors (Lipinski definition) is 5. The predicted molar refractivity (Wildman–Crippen MR) is 127 cm³/mol. The minimum Gasteiger partial charge on any atom is -0.724 e. The number of halogens is 3. The number of carbonyl (C=O) groups excluding carboxylic acids is 1. The molecule has 2 unspecified atom stereocenters. The highest BCUT2D eigenvalue weighted by atomic mass is 32.2. The molecule has 3 rings (SSSR count). The van der Waals surface area contributed by atoms with E-state index in [9.17, 15) is 26.7 Å². The fraction of sp³-hybridized carbons (Fsp3) is 0.542. The first kappa shape index (κ1) is 27.5. The molecule has 3 atom stereocenters. The van der Waals surface area contributed by atoms with E-state index in [1.165, 1.54) is 14.1 Å². The highest BCUT2D eigenvalue weighted by molar-refractivity contribution is 7.73. The second-order valence-electron chi connectivity index (χ2n) is 9.67. The lowest BCUT2D eigenvalue weighted by atomic mass is 9.84. The van der Waals surface area contributed by atoms with Gasteiger partial charge in [0, 0.05) is 24.7 Å². The van der Waals surface area contributed by atoms with Crippen molar-refractivity contribution >= 4 is 17.2 Å². The molecule has 0 bridgehead atoms. The van der Waals surface area contributed by atoms with Crippen molar-refractivity contribution < 1.29 is 30.6 Å². The summed E-state index contributed by atoms with van der Waals surface area (Å²) in [5.41, 5.74) is 4.63. The topological polar surface area (TPSA) is 89.7 Å². The maximum Gasteiger partial charge on any atom is 0.413 e. The standard InChI is InChI=1S/C24H33F3N4O3S/c1-29(21(17-30-13-7-8-14-30)18-9-5-4-6-10-18)22(32)15-19-11-12-20(24(25,26)27)16-23(19,28)31(2,3)35(33)34/h4-6,9-12,21H,7-8,13-17,28H2,1-3H3/t21-,23?/m1/s1. The van der Waals surface area contributed by atoms with E-state index in [4.69, 9.17) is 5.73 Å². The number of hydrogen-bond donors (Lipinski definition) is 1. The normalized spacial score (nSPS) is 23.4. The number of rotatable bonds is 8. The fourth-order valence-electron chi connectivity index (χ4n) is 4.68. The van der Waals surface area contributed by atoms with Crippen molar-refractivity contribution in [2.75, 3.05) is 40.8 Å². The number of allylic oxidation sites excluding steroid dienone is 2. The Morgan fingerprint density at radius 3 is 2.37 bits per heavy atom. The van der Waals surface area contributed by atoms with E-state index in [0.717, 1.165) is 43.6 Å². The summed E-state index contributed by atoms with van der Waals surface area (Å²) in [6, 6.07) is 9.29. The van der Waals surface area contributed by atoms with Gasteiger partial charge in [-0.15, -0.1) is 0 Å². The van der Waals surface area contributed by atoms with Crippen molar-refractivity contribution in [1.29, 1.82) is 0 Å². The van der Waals surface area contributed by atoms with Gasteiger partial charge in [-0.05, 0) is 31.5 Å². The molecular formula is C24H33F3N4O3S. The van der Waals surface area contributed by atoms with Crippen LogP contribution in [-0.2, 0) is 16.1 Å². The number of alkyl halides is 3. The smallest absolute Gasteiger partial charge is 0.413 e. The number of amides is 1. The monoisotopic (exact) mass is 514 g/mol. The molecule has 1 amide bonds. The molecule has 1 heterocycles. The lowest BCUT2D eigenvalue weighted by molar-refractivity contribution is -0.816. The van der Waals surface area contributed by atoms with Crippen LogP contribution in [0.5, 0.6) is 0 Å². The van der Waals surface area contributed by atoms with Gasteiger partial charge >= 0.3 is 6.18 Å². The summed E-state index contributed by atoms with van der Waals surface area (Å²) >= 11 is -2.85. The summed E-state index contributed by atoms with van der Waals surface area (Å²) in [5.74, 6) is -0.348. The van der Waals surface area contributed by atoms with Gasteiger partial charge in [0.2, 0.25) is 5.91 Å². The summed E-state index contributed by atoms with van der Waals surface area (Å²) in [6.45, 7) is 2.51. The van der Waals surface area contributed by atoms with Crippen LogP contribution in [0.25, 0.3) is 0 Å². The predicted octanol–water partition coefficient (Wildman–Crippen LogP) is 3.02. The van der Waals surface area contributed by atoms with Crippen molar-refractivity contribution in [3.05, 3.63) is 59.2 Å². The zero-order chi connectivity index (χ0) is 26.0. The fourth-order valence-corrected chi connectivity index (χ4v) is 5.13. The molecule has 0 radical (unpaired) electrons. The minimum absolute atomic E-state index is 0.143. The van der Waals surface area contributed by atoms with Crippen LogP contribution in [0, 0.1) is 0 Å². The van der Waals surface area contributed by atoms with Crippen molar-refractivity contribution in [2.45, 2.75) is 43.6 Å². The van der Waals surface area contributed by atoms with Crippen LogP contribution in [0.4, 0.5) is 13.2 Å². The summed E-state index contributed by atoms with van der Waals surface area (Å²) in [7, 11) is 4.12. The average molecular weight is 515 g/mol. The van der Waals surface area contributed by atoms with Crippen LogP contribution in [0.2, 0.25) is 0 Å². The van der Waals surface area contributed by atoms with Crippen molar-refractivity contribution in [2.24, 2.45) is 5.73 Å². The van der Waals surface area contributed by atoms with E-state index in [0.29, 0.717) is 6.54 Å². The first-order valence-electron chi connectivity index (χ1n) is 11.5. The lowest BCUT2D eigenvalue weighted by Gasteiger charge is -2.48. The molecule has 1 saturated heterocycles.